The molecule has 0 spiro atoms. The largest absolute Gasteiger partial charge is 0.394 e. The molecule has 1 amide bonds. The molecule has 2 heterocycles. The SMILES string of the molecule is CC(C)OC[C@@H]1C[C@@H](C)CN1C(=O)CCCCCOC1OC(CO)C(O)C(O)C1C. The number of aliphatic hydroxyl groups excluding tert-OH is 3. The van der Waals surface area contributed by atoms with Gasteiger partial charge in [0, 0.05) is 25.5 Å². The molecular weight excluding hydrogens is 390 g/mol. The number of unbranched alkanes of at least 4 members (excludes halogenated alkanes) is 2. The van der Waals surface area contributed by atoms with Crippen molar-refractivity contribution in [2.75, 3.05) is 26.4 Å². The Hall–Kier alpha value is -0.770. The van der Waals surface area contributed by atoms with Gasteiger partial charge in [0.05, 0.1) is 31.5 Å². The van der Waals surface area contributed by atoms with Crippen LogP contribution in [0.5, 0.6) is 0 Å². The minimum absolute atomic E-state index is 0.172. The highest BCUT2D eigenvalue weighted by molar-refractivity contribution is 5.76. The Morgan fingerprint density at radius 1 is 1.17 bits per heavy atom. The van der Waals surface area contributed by atoms with E-state index < -0.39 is 24.6 Å². The Morgan fingerprint density at radius 3 is 2.57 bits per heavy atom. The molecule has 0 bridgehead atoms. The van der Waals surface area contributed by atoms with Gasteiger partial charge in [-0.1, -0.05) is 20.3 Å². The van der Waals surface area contributed by atoms with Crippen LogP contribution in [0.2, 0.25) is 0 Å². The molecule has 5 unspecified atom stereocenters. The molecule has 2 rings (SSSR count). The number of carbonyl (C=O) groups excluding carboxylic acids is 1. The van der Waals surface area contributed by atoms with E-state index in [2.05, 4.69) is 6.92 Å². The van der Waals surface area contributed by atoms with Crippen LogP contribution in [0.1, 0.15) is 59.8 Å². The van der Waals surface area contributed by atoms with Gasteiger partial charge >= 0.3 is 0 Å². The zero-order valence-electron chi connectivity index (χ0n) is 18.9. The summed E-state index contributed by atoms with van der Waals surface area (Å²) in [6, 6.07) is 0.185. The monoisotopic (exact) mass is 431 g/mol. The third-order valence-electron chi connectivity index (χ3n) is 6.07. The summed E-state index contributed by atoms with van der Waals surface area (Å²) in [5, 5.41) is 29.2. The summed E-state index contributed by atoms with van der Waals surface area (Å²) in [6.45, 7) is 9.44. The first-order chi connectivity index (χ1) is 14.2. The molecule has 2 saturated heterocycles. The van der Waals surface area contributed by atoms with Crippen molar-refractivity contribution in [3.05, 3.63) is 0 Å². The van der Waals surface area contributed by atoms with Crippen molar-refractivity contribution in [1.82, 2.24) is 4.90 Å². The van der Waals surface area contributed by atoms with Crippen LogP contribution in [0, 0.1) is 11.8 Å². The standard InChI is InChI=1S/C22H41NO7/c1-14(2)29-13-17-10-15(3)11-23(17)19(25)8-6-5-7-9-28-22-16(4)20(26)21(27)18(12-24)30-22/h14-18,20-22,24,26-27H,5-13H2,1-4H3/t15-,16?,17+,18?,20?,21?,22?/m1/s1. The van der Waals surface area contributed by atoms with E-state index in [1.807, 2.05) is 18.7 Å². The molecule has 0 aromatic heterocycles. The quantitative estimate of drug-likeness (QED) is 0.423. The molecule has 3 N–H and O–H groups in total. The van der Waals surface area contributed by atoms with E-state index in [0.29, 0.717) is 25.6 Å². The molecule has 8 heteroatoms. The number of hydrogen-bond acceptors (Lipinski definition) is 7. The van der Waals surface area contributed by atoms with Crippen LogP contribution in [-0.4, -0.2) is 89.2 Å². The topological polar surface area (TPSA) is 109 Å². The van der Waals surface area contributed by atoms with E-state index in [-0.39, 0.29) is 30.6 Å². The Labute approximate surface area is 180 Å². The first-order valence-electron chi connectivity index (χ1n) is 11.4. The summed E-state index contributed by atoms with van der Waals surface area (Å²) < 4.78 is 17.0. The molecule has 8 nitrogen and oxygen atoms in total. The maximum Gasteiger partial charge on any atom is 0.222 e. The fourth-order valence-corrected chi connectivity index (χ4v) is 4.23. The number of likely N-dealkylation sites (tertiary alicyclic amines) is 1. The molecule has 30 heavy (non-hydrogen) atoms. The second-order valence-corrected chi connectivity index (χ2v) is 9.17. The Morgan fingerprint density at radius 2 is 1.90 bits per heavy atom. The maximum atomic E-state index is 12.6. The molecule has 176 valence electrons. The lowest BCUT2D eigenvalue weighted by Gasteiger charge is -2.40. The predicted molar refractivity (Wildman–Crippen MR) is 112 cm³/mol. The summed E-state index contributed by atoms with van der Waals surface area (Å²) in [7, 11) is 0. The van der Waals surface area contributed by atoms with E-state index >= 15 is 0 Å². The van der Waals surface area contributed by atoms with Crippen LogP contribution in [0.4, 0.5) is 0 Å². The van der Waals surface area contributed by atoms with Crippen molar-refractivity contribution in [1.29, 1.82) is 0 Å². The van der Waals surface area contributed by atoms with Gasteiger partial charge in [0.2, 0.25) is 5.91 Å². The lowest BCUT2D eigenvalue weighted by Crippen LogP contribution is -2.55. The number of hydrogen-bond donors (Lipinski definition) is 3. The molecule has 2 fully saturated rings. The lowest BCUT2D eigenvalue weighted by molar-refractivity contribution is -0.282. The van der Waals surface area contributed by atoms with E-state index in [4.69, 9.17) is 14.2 Å². The van der Waals surface area contributed by atoms with Crippen molar-refractivity contribution < 1.29 is 34.3 Å². The van der Waals surface area contributed by atoms with E-state index in [9.17, 15) is 20.1 Å². The fourth-order valence-electron chi connectivity index (χ4n) is 4.23. The molecule has 0 saturated carbocycles. The van der Waals surface area contributed by atoms with Gasteiger partial charge in [0.1, 0.15) is 12.2 Å². The first kappa shape index (κ1) is 25.5. The number of carbonyl (C=O) groups is 1. The van der Waals surface area contributed by atoms with Gasteiger partial charge in [0.25, 0.3) is 0 Å². The highest BCUT2D eigenvalue weighted by atomic mass is 16.7. The normalized spacial score (nSPS) is 34.7. The molecule has 2 aliphatic rings. The Bertz CT molecular complexity index is 516. The molecule has 0 aromatic rings. The van der Waals surface area contributed by atoms with Gasteiger partial charge in [-0.05, 0) is 39.0 Å². The van der Waals surface area contributed by atoms with Gasteiger partial charge in [0.15, 0.2) is 6.29 Å². The second-order valence-electron chi connectivity index (χ2n) is 9.17. The summed E-state index contributed by atoms with van der Waals surface area (Å²) >= 11 is 0. The number of amides is 1. The third kappa shape index (κ3) is 7.14. The van der Waals surface area contributed by atoms with Crippen LogP contribution in [0.15, 0.2) is 0 Å². The summed E-state index contributed by atoms with van der Waals surface area (Å²) in [4.78, 5) is 14.6. The van der Waals surface area contributed by atoms with E-state index in [0.717, 1.165) is 32.2 Å². The highest BCUT2D eigenvalue weighted by Crippen LogP contribution is 2.27. The van der Waals surface area contributed by atoms with Crippen molar-refractivity contribution in [2.45, 2.75) is 96.5 Å². The summed E-state index contributed by atoms with van der Waals surface area (Å²) in [5.41, 5.74) is 0. The van der Waals surface area contributed by atoms with Crippen molar-refractivity contribution in [2.24, 2.45) is 11.8 Å². The average Bonchev–Trinajstić information content (AvgIpc) is 3.09. The molecule has 7 atom stereocenters. The van der Waals surface area contributed by atoms with Crippen LogP contribution >= 0.6 is 0 Å². The minimum atomic E-state index is -1.11. The Kier molecular flexibility index (Phi) is 10.5. The van der Waals surface area contributed by atoms with Gasteiger partial charge in [-0.25, -0.2) is 0 Å². The highest BCUT2D eigenvalue weighted by Gasteiger charge is 2.42. The molecular formula is C22H41NO7. The number of rotatable bonds is 11. The van der Waals surface area contributed by atoms with Crippen molar-refractivity contribution in [3.8, 4) is 0 Å². The molecule has 0 aliphatic carbocycles. The number of aliphatic hydroxyl groups is 3. The summed E-state index contributed by atoms with van der Waals surface area (Å²) in [5.74, 6) is 0.327. The summed E-state index contributed by atoms with van der Waals surface area (Å²) in [6.07, 6.45) is 0.534. The second kappa shape index (κ2) is 12.3. The minimum Gasteiger partial charge on any atom is -0.394 e. The van der Waals surface area contributed by atoms with Crippen LogP contribution in [-0.2, 0) is 19.0 Å². The number of nitrogens with zero attached hydrogens (tertiary/aromatic N) is 1. The van der Waals surface area contributed by atoms with Crippen molar-refractivity contribution >= 4 is 5.91 Å². The third-order valence-corrected chi connectivity index (χ3v) is 6.07. The zero-order valence-corrected chi connectivity index (χ0v) is 18.9. The Balaban J connectivity index is 1.64. The van der Waals surface area contributed by atoms with Crippen LogP contribution in [0.3, 0.4) is 0 Å². The van der Waals surface area contributed by atoms with Gasteiger partial charge in [-0.3, -0.25) is 4.79 Å². The van der Waals surface area contributed by atoms with Gasteiger partial charge < -0.3 is 34.4 Å². The molecule has 0 aromatic carbocycles. The first-order valence-corrected chi connectivity index (χ1v) is 11.4. The van der Waals surface area contributed by atoms with E-state index in [1.54, 1.807) is 6.92 Å². The van der Waals surface area contributed by atoms with E-state index in [1.165, 1.54) is 0 Å². The maximum absolute atomic E-state index is 12.6. The average molecular weight is 432 g/mol. The molecule has 0 radical (unpaired) electrons. The lowest BCUT2D eigenvalue weighted by atomic mass is 9.92. The number of ether oxygens (including phenoxy) is 3. The smallest absolute Gasteiger partial charge is 0.222 e. The predicted octanol–water partition coefficient (Wildman–Crippen LogP) is 1.30. The van der Waals surface area contributed by atoms with Gasteiger partial charge in [-0.15, -0.1) is 0 Å². The fraction of sp³-hybridized carbons (Fsp3) is 0.955. The zero-order chi connectivity index (χ0) is 22.3. The molecule has 2 aliphatic heterocycles. The van der Waals surface area contributed by atoms with Crippen LogP contribution < -0.4 is 0 Å². The van der Waals surface area contributed by atoms with Crippen molar-refractivity contribution in [3.63, 3.8) is 0 Å². The van der Waals surface area contributed by atoms with Gasteiger partial charge in [-0.2, -0.15) is 0 Å². The van der Waals surface area contributed by atoms with Crippen LogP contribution in [0.25, 0.3) is 0 Å².